The summed E-state index contributed by atoms with van der Waals surface area (Å²) >= 11 is 3.43. The molecule has 0 aromatic heterocycles. The van der Waals surface area contributed by atoms with E-state index in [2.05, 4.69) is 29.8 Å². The van der Waals surface area contributed by atoms with Crippen molar-refractivity contribution in [1.29, 1.82) is 0 Å². The van der Waals surface area contributed by atoms with E-state index in [4.69, 9.17) is 0 Å². The van der Waals surface area contributed by atoms with Gasteiger partial charge in [0.1, 0.15) is 6.29 Å². The Hall–Kier alpha value is -0.630. The van der Waals surface area contributed by atoms with Crippen molar-refractivity contribution in [1.82, 2.24) is 0 Å². The molecule has 0 atom stereocenters. The molecule has 1 nitrogen and oxygen atoms in total. The van der Waals surface area contributed by atoms with Crippen molar-refractivity contribution in [3.63, 3.8) is 0 Å². The Kier molecular flexibility index (Phi) is 3.04. The van der Waals surface area contributed by atoms with Crippen LogP contribution in [0.5, 0.6) is 0 Å². The van der Waals surface area contributed by atoms with Crippen molar-refractivity contribution in [2.24, 2.45) is 0 Å². The number of carbonyl (C=O) groups excluding carboxylic acids is 1. The van der Waals surface area contributed by atoms with Gasteiger partial charge in [0.25, 0.3) is 0 Å². The third-order valence-corrected chi connectivity index (χ3v) is 2.48. The monoisotopic (exact) mass is 226 g/mol. The molecule has 0 unspecified atom stereocenters. The van der Waals surface area contributed by atoms with Crippen LogP contribution in [0.2, 0.25) is 0 Å². The molecule has 0 aliphatic carbocycles. The molecule has 0 saturated heterocycles. The fraction of sp³-hybridized carbons (Fsp3) is 0.300. The normalized spacial score (nSPS) is 10.3. The molecule has 64 valence electrons. The van der Waals surface area contributed by atoms with Gasteiger partial charge in [-0.1, -0.05) is 41.9 Å². The van der Waals surface area contributed by atoms with Gasteiger partial charge >= 0.3 is 0 Å². The van der Waals surface area contributed by atoms with Gasteiger partial charge in [0.15, 0.2) is 0 Å². The summed E-state index contributed by atoms with van der Waals surface area (Å²) in [5, 5.41) is 0. The number of hydrogen-bond acceptors (Lipinski definition) is 1. The fourth-order valence-electron chi connectivity index (χ4n) is 1.27. The highest BCUT2D eigenvalue weighted by Crippen LogP contribution is 2.26. The first-order valence-corrected chi connectivity index (χ1v) is 4.69. The van der Waals surface area contributed by atoms with Crippen molar-refractivity contribution >= 4 is 22.2 Å². The Balaban J connectivity index is 3.29. The molecule has 1 aromatic carbocycles. The largest absolute Gasteiger partial charge is 0.298 e. The van der Waals surface area contributed by atoms with E-state index in [1.165, 1.54) is 0 Å². The lowest BCUT2D eigenvalue weighted by Crippen LogP contribution is -1.95. The van der Waals surface area contributed by atoms with Gasteiger partial charge in [-0.05, 0) is 17.5 Å². The summed E-state index contributed by atoms with van der Waals surface area (Å²) in [6.07, 6.45) is 0.903. The summed E-state index contributed by atoms with van der Waals surface area (Å²) in [4.78, 5) is 10.7. The van der Waals surface area contributed by atoms with E-state index in [0.717, 1.165) is 21.9 Å². The van der Waals surface area contributed by atoms with E-state index in [1.54, 1.807) is 0 Å². The minimum Gasteiger partial charge on any atom is -0.298 e. The third kappa shape index (κ3) is 1.75. The lowest BCUT2D eigenvalue weighted by Gasteiger charge is -2.10. The van der Waals surface area contributed by atoms with Crippen LogP contribution >= 0.6 is 15.9 Å². The van der Waals surface area contributed by atoms with Crippen LogP contribution in [-0.4, -0.2) is 6.29 Å². The summed E-state index contributed by atoms with van der Waals surface area (Å²) in [6.45, 7) is 4.15. The first kappa shape index (κ1) is 9.46. The third-order valence-electron chi connectivity index (χ3n) is 1.79. The minimum absolute atomic E-state index is 0.376. The lowest BCUT2D eigenvalue weighted by molar-refractivity contribution is 0.112. The summed E-state index contributed by atoms with van der Waals surface area (Å²) < 4.78 is 1.02. The SMILES string of the molecule is CC(C)c1c(Br)cccc1C=O. The number of carbonyl (C=O) groups is 1. The van der Waals surface area contributed by atoms with E-state index < -0.39 is 0 Å². The van der Waals surface area contributed by atoms with Crippen LogP contribution < -0.4 is 0 Å². The molecular formula is C10H11BrO. The van der Waals surface area contributed by atoms with Crippen LogP contribution in [0.15, 0.2) is 22.7 Å². The van der Waals surface area contributed by atoms with Gasteiger partial charge in [-0.3, -0.25) is 4.79 Å². The maximum absolute atomic E-state index is 10.7. The molecule has 12 heavy (non-hydrogen) atoms. The van der Waals surface area contributed by atoms with Crippen LogP contribution in [0, 0.1) is 0 Å². The zero-order chi connectivity index (χ0) is 9.14. The highest BCUT2D eigenvalue weighted by atomic mass is 79.9. The van der Waals surface area contributed by atoms with Crippen molar-refractivity contribution in [2.75, 3.05) is 0 Å². The fourth-order valence-corrected chi connectivity index (χ4v) is 2.10. The van der Waals surface area contributed by atoms with Crippen LogP contribution in [0.3, 0.4) is 0 Å². The first-order valence-electron chi connectivity index (χ1n) is 3.90. The average Bonchev–Trinajstić information content (AvgIpc) is 2.03. The van der Waals surface area contributed by atoms with E-state index in [9.17, 15) is 4.79 Å². The molecule has 0 aliphatic heterocycles. The molecule has 0 radical (unpaired) electrons. The maximum atomic E-state index is 10.7. The highest BCUT2D eigenvalue weighted by molar-refractivity contribution is 9.10. The van der Waals surface area contributed by atoms with Crippen molar-refractivity contribution in [3.05, 3.63) is 33.8 Å². The van der Waals surface area contributed by atoms with E-state index >= 15 is 0 Å². The minimum atomic E-state index is 0.376. The van der Waals surface area contributed by atoms with Gasteiger partial charge in [-0.25, -0.2) is 0 Å². The smallest absolute Gasteiger partial charge is 0.150 e. The number of rotatable bonds is 2. The number of hydrogen-bond donors (Lipinski definition) is 0. The predicted molar refractivity (Wildman–Crippen MR) is 53.6 cm³/mol. The Labute approximate surface area is 80.9 Å². The van der Waals surface area contributed by atoms with Gasteiger partial charge < -0.3 is 0 Å². The van der Waals surface area contributed by atoms with E-state index in [-0.39, 0.29) is 0 Å². The van der Waals surface area contributed by atoms with Gasteiger partial charge in [0.2, 0.25) is 0 Å². The average molecular weight is 227 g/mol. The Morgan fingerprint density at radius 3 is 2.50 bits per heavy atom. The first-order chi connectivity index (χ1) is 5.66. The molecule has 1 rings (SSSR count). The van der Waals surface area contributed by atoms with Crippen LogP contribution in [0.25, 0.3) is 0 Å². The molecule has 1 aromatic rings. The standard InChI is InChI=1S/C10H11BrO/c1-7(2)10-8(6-12)4-3-5-9(10)11/h3-7H,1-2H3. The highest BCUT2D eigenvalue weighted by Gasteiger charge is 2.08. The van der Waals surface area contributed by atoms with E-state index in [1.807, 2.05) is 18.2 Å². The second kappa shape index (κ2) is 3.85. The van der Waals surface area contributed by atoms with Crippen LogP contribution in [0.4, 0.5) is 0 Å². The Morgan fingerprint density at radius 1 is 1.42 bits per heavy atom. The molecule has 0 amide bonds. The zero-order valence-electron chi connectivity index (χ0n) is 7.17. The molecule has 0 N–H and O–H groups in total. The number of benzene rings is 1. The van der Waals surface area contributed by atoms with Crippen LogP contribution in [-0.2, 0) is 0 Å². The predicted octanol–water partition coefficient (Wildman–Crippen LogP) is 3.39. The second-order valence-corrected chi connectivity index (χ2v) is 3.87. The van der Waals surface area contributed by atoms with Crippen molar-refractivity contribution < 1.29 is 4.79 Å². The summed E-state index contributed by atoms with van der Waals surface area (Å²) in [5.41, 5.74) is 1.87. The summed E-state index contributed by atoms with van der Waals surface area (Å²) in [7, 11) is 0. The molecule has 0 heterocycles. The van der Waals surface area contributed by atoms with Crippen molar-refractivity contribution in [3.8, 4) is 0 Å². The van der Waals surface area contributed by atoms with Gasteiger partial charge in [-0.15, -0.1) is 0 Å². The van der Waals surface area contributed by atoms with Gasteiger partial charge in [0.05, 0.1) is 0 Å². The molecule has 0 bridgehead atoms. The second-order valence-electron chi connectivity index (χ2n) is 3.02. The number of aldehydes is 1. The van der Waals surface area contributed by atoms with Gasteiger partial charge in [0, 0.05) is 10.0 Å². The summed E-state index contributed by atoms with van der Waals surface area (Å²) in [5.74, 6) is 0.376. The summed E-state index contributed by atoms with van der Waals surface area (Å²) in [6, 6.07) is 5.68. The van der Waals surface area contributed by atoms with Crippen LogP contribution in [0.1, 0.15) is 35.7 Å². The van der Waals surface area contributed by atoms with Crippen molar-refractivity contribution in [2.45, 2.75) is 19.8 Å². The molecule has 0 aliphatic rings. The number of halogens is 1. The molecule has 0 saturated carbocycles. The quantitative estimate of drug-likeness (QED) is 0.707. The molecular weight excluding hydrogens is 216 g/mol. The molecule has 2 heteroatoms. The topological polar surface area (TPSA) is 17.1 Å². The van der Waals surface area contributed by atoms with E-state index in [0.29, 0.717) is 5.92 Å². The Morgan fingerprint density at radius 2 is 2.08 bits per heavy atom. The Bertz CT molecular complexity index is 292. The lowest BCUT2D eigenvalue weighted by atomic mass is 9.98. The zero-order valence-corrected chi connectivity index (χ0v) is 8.76. The molecule has 0 fully saturated rings. The maximum Gasteiger partial charge on any atom is 0.150 e. The molecule has 0 spiro atoms. The van der Waals surface area contributed by atoms with Gasteiger partial charge in [-0.2, -0.15) is 0 Å².